The van der Waals surface area contributed by atoms with Crippen molar-refractivity contribution in [2.75, 3.05) is 6.61 Å². The largest absolute Gasteiger partial charge is 0.370 e. The summed E-state index contributed by atoms with van der Waals surface area (Å²) in [6, 6.07) is 0. The molecule has 0 saturated heterocycles. The first-order valence-corrected chi connectivity index (χ1v) is 8.47. The van der Waals surface area contributed by atoms with Crippen LogP contribution in [0.15, 0.2) is 4.52 Å². The maximum absolute atomic E-state index is 6.41. The number of rotatable bonds is 5. The van der Waals surface area contributed by atoms with Crippen molar-refractivity contribution in [2.45, 2.75) is 76.4 Å². The molecule has 2 saturated carbocycles. The lowest BCUT2D eigenvalue weighted by molar-refractivity contribution is -0.00145. The third-order valence-corrected chi connectivity index (χ3v) is 5.04. The van der Waals surface area contributed by atoms with Crippen LogP contribution in [0, 0.1) is 5.92 Å². The molecule has 0 spiro atoms. The van der Waals surface area contributed by atoms with Crippen molar-refractivity contribution in [3.8, 4) is 0 Å². The van der Waals surface area contributed by atoms with Crippen molar-refractivity contribution in [2.24, 2.45) is 11.7 Å². The van der Waals surface area contributed by atoms with Crippen molar-refractivity contribution in [1.82, 2.24) is 10.1 Å². The van der Waals surface area contributed by atoms with E-state index in [0.717, 1.165) is 25.7 Å². The third kappa shape index (κ3) is 3.14. The summed E-state index contributed by atoms with van der Waals surface area (Å²) in [7, 11) is 0. The zero-order valence-corrected chi connectivity index (χ0v) is 13.0. The van der Waals surface area contributed by atoms with E-state index in [9.17, 15) is 0 Å². The molecule has 2 fully saturated rings. The van der Waals surface area contributed by atoms with Crippen molar-refractivity contribution in [1.29, 1.82) is 0 Å². The fraction of sp³-hybridized carbons (Fsp3) is 0.875. The van der Waals surface area contributed by atoms with Gasteiger partial charge < -0.3 is 15.0 Å². The first kappa shape index (κ1) is 15.0. The monoisotopic (exact) mass is 293 g/mol. The lowest BCUT2D eigenvalue weighted by Gasteiger charge is -2.27. The summed E-state index contributed by atoms with van der Waals surface area (Å²) >= 11 is 0. The Bertz CT molecular complexity index is 448. The summed E-state index contributed by atoms with van der Waals surface area (Å²) in [5.74, 6) is 1.83. The zero-order valence-electron chi connectivity index (χ0n) is 13.0. The maximum atomic E-state index is 6.41. The van der Waals surface area contributed by atoms with Crippen LogP contribution < -0.4 is 5.73 Å². The molecule has 21 heavy (non-hydrogen) atoms. The lowest BCUT2D eigenvalue weighted by atomic mass is 9.85. The molecule has 5 heteroatoms. The first-order chi connectivity index (χ1) is 10.2. The molecule has 0 radical (unpaired) electrons. The smallest absolute Gasteiger partial charge is 0.246 e. The molecule has 1 atom stereocenters. The molecule has 0 aliphatic heterocycles. The minimum Gasteiger partial charge on any atom is -0.370 e. The molecule has 1 aromatic heterocycles. The molecule has 2 aliphatic carbocycles. The van der Waals surface area contributed by atoms with Gasteiger partial charge in [-0.25, -0.2) is 0 Å². The van der Waals surface area contributed by atoms with Crippen LogP contribution in [0.1, 0.15) is 82.5 Å². The molecule has 2 N–H and O–H groups in total. The molecule has 1 aromatic rings. The number of aromatic nitrogens is 2. The summed E-state index contributed by atoms with van der Waals surface area (Å²) < 4.78 is 11.5. The van der Waals surface area contributed by atoms with Gasteiger partial charge in [0.25, 0.3) is 0 Å². The van der Waals surface area contributed by atoms with Crippen LogP contribution >= 0.6 is 0 Å². The summed E-state index contributed by atoms with van der Waals surface area (Å²) in [5.41, 5.74) is 6.00. The van der Waals surface area contributed by atoms with Gasteiger partial charge in [-0.05, 0) is 38.5 Å². The molecule has 2 aliphatic rings. The highest BCUT2D eigenvalue weighted by atomic mass is 16.5. The first-order valence-electron chi connectivity index (χ1n) is 8.47. The quantitative estimate of drug-likeness (QED) is 0.900. The average molecular weight is 293 g/mol. The number of ether oxygens (including phenoxy) is 1. The van der Waals surface area contributed by atoms with Gasteiger partial charge in [-0.1, -0.05) is 37.3 Å². The normalized spacial score (nSPS) is 24.3. The van der Waals surface area contributed by atoms with E-state index in [1.807, 2.05) is 6.92 Å². The van der Waals surface area contributed by atoms with Gasteiger partial charge in [0.2, 0.25) is 11.7 Å². The molecule has 0 amide bonds. The molecule has 118 valence electrons. The molecule has 1 unspecified atom stereocenters. The van der Waals surface area contributed by atoms with Crippen molar-refractivity contribution in [3.05, 3.63) is 11.7 Å². The van der Waals surface area contributed by atoms with Gasteiger partial charge in [-0.2, -0.15) is 4.98 Å². The van der Waals surface area contributed by atoms with Crippen LogP contribution in [-0.2, 0) is 10.3 Å². The predicted octanol–water partition coefficient (Wildman–Crippen LogP) is 3.46. The van der Waals surface area contributed by atoms with Crippen LogP contribution in [0.25, 0.3) is 0 Å². The van der Waals surface area contributed by atoms with Gasteiger partial charge in [-0.15, -0.1) is 0 Å². The minimum absolute atomic E-state index is 0.0298. The number of nitrogens with two attached hydrogens (primary N) is 1. The average Bonchev–Trinajstić information content (AvgIpc) is 3.16. The fourth-order valence-electron chi connectivity index (χ4n) is 3.81. The van der Waals surface area contributed by atoms with Crippen LogP contribution in [-0.4, -0.2) is 16.7 Å². The van der Waals surface area contributed by atoms with Crippen molar-refractivity contribution in [3.63, 3.8) is 0 Å². The minimum atomic E-state index is -0.408. The maximum Gasteiger partial charge on any atom is 0.246 e. The molecule has 0 bridgehead atoms. The summed E-state index contributed by atoms with van der Waals surface area (Å²) in [5, 5.41) is 4.21. The standard InChI is InChI=1S/C16H27N3O2/c1-2-20-13(12-8-4-3-5-9-12)14-18-15(21-19-14)16(17)10-6-7-11-16/h12-13H,2-11,17H2,1H3. The van der Waals surface area contributed by atoms with Gasteiger partial charge in [-0.3, -0.25) is 0 Å². The Balaban J connectivity index is 1.77. The Kier molecular flexibility index (Phi) is 4.60. The highest BCUT2D eigenvalue weighted by Gasteiger charge is 2.38. The van der Waals surface area contributed by atoms with E-state index in [4.69, 9.17) is 15.0 Å². The van der Waals surface area contributed by atoms with E-state index in [1.165, 1.54) is 32.1 Å². The number of nitrogens with zero attached hydrogens (tertiary/aromatic N) is 2. The summed E-state index contributed by atoms with van der Waals surface area (Å²) in [6.45, 7) is 2.71. The van der Waals surface area contributed by atoms with Crippen LogP contribution in [0.3, 0.4) is 0 Å². The number of hydrogen-bond donors (Lipinski definition) is 1. The highest BCUT2D eigenvalue weighted by Crippen LogP contribution is 2.38. The van der Waals surface area contributed by atoms with Gasteiger partial charge in [0.1, 0.15) is 6.10 Å². The van der Waals surface area contributed by atoms with E-state index < -0.39 is 5.54 Å². The summed E-state index contributed by atoms with van der Waals surface area (Å²) in [6.07, 6.45) is 10.4. The van der Waals surface area contributed by atoms with E-state index in [1.54, 1.807) is 0 Å². The second-order valence-corrected chi connectivity index (χ2v) is 6.60. The SMILES string of the molecule is CCOC(c1noc(C2(N)CCCC2)n1)C1CCCCC1. The second kappa shape index (κ2) is 6.44. The Labute approximate surface area is 126 Å². The van der Waals surface area contributed by atoms with Crippen molar-refractivity contribution < 1.29 is 9.26 Å². The van der Waals surface area contributed by atoms with Crippen LogP contribution in [0.4, 0.5) is 0 Å². The van der Waals surface area contributed by atoms with E-state index in [0.29, 0.717) is 24.2 Å². The lowest BCUT2D eigenvalue weighted by Crippen LogP contribution is -2.33. The molecular weight excluding hydrogens is 266 g/mol. The van der Waals surface area contributed by atoms with Gasteiger partial charge in [0, 0.05) is 6.61 Å². The van der Waals surface area contributed by atoms with Crippen molar-refractivity contribution >= 4 is 0 Å². The zero-order chi connectivity index (χ0) is 14.7. The highest BCUT2D eigenvalue weighted by molar-refractivity contribution is 5.06. The molecule has 3 rings (SSSR count). The predicted molar refractivity (Wildman–Crippen MR) is 79.6 cm³/mol. The fourth-order valence-corrected chi connectivity index (χ4v) is 3.81. The van der Waals surface area contributed by atoms with Crippen LogP contribution in [0.2, 0.25) is 0 Å². The number of hydrogen-bond acceptors (Lipinski definition) is 5. The van der Waals surface area contributed by atoms with Gasteiger partial charge in [0.05, 0.1) is 5.54 Å². The molecule has 1 heterocycles. The molecular formula is C16H27N3O2. The van der Waals surface area contributed by atoms with Crippen LogP contribution in [0.5, 0.6) is 0 Å². The van der Waals surface area contributed by atoms with E-state index in [2.05, 4.69) is 10.1 Å². The second-order valence-electron chi connectivity index (χ2n) is 6.60. The topological polar surface area (TPSA) is 74.2 Å². The van der Waals surface area contributed by atoms with Gasteiger partial charge in [0.15, 0.2) is 0 Å². The Morgan fingerprint density at radius 2 is 1.95 bits per heavy atom. The van der Waals surface area contributed by atoms with E-state index in [-0.39, 0.29) is 6.10 Å². The Hall–Kier alpha value is -0.940. The van der Waals surface area contributed by atoms with Gasteiger partial charge >= 0.3 is 0 Å². The Morgan fingerprint density at radius 1 is 1.24 bits per heavy atom. The van der Waals surface area contributed by atoms with E-state index >= 15 is 0 Å². The Morgan fingerprint density at radius 3 is 2.62 bits per heavy atom. The summed E-state index contributed by atoms with van der Waals surface area (Å²) in [4.78, 5) is 4.63. The third-order valence-electron chi connectivity index (χ3n) is 5.04. The molecule has 5 nitrogen and oxygen atoms in total. The molecule has 0 aromatic carbocycles.